The van der Waals surface area contributed by atoms with E-state index in [1.54, 1.807) is 0 Å². The van der Waals surface area contributed by atoms with Crippen LogP contribution in [0, 0.1) is 11.8 Å². The van der Waals surface area contributed by atoms with E-state index in [0.29, 0.717) is 11.8 Å². The van der Waals surface area contributed by atoms with E-state index in [4.69, 9.17) is 0 Å². The zero-order valence-corrected chi connectivity index (χ0v) is 9.46. The molecule has 0 rings (SSSR count). The molecule has 0 fully saturated rings. The van der Waals surface area contributed by atoms with Gasteiger partial charge < -0.3 is 11.0 Å². The van der Waals surface area contributed by atoms with Crippen LogP contribution in [-0.2, 0) is 0 Å². The molecular weight excluding hydrogens is 184 g/mol. The molecule has 0 saturated heterocycles. The molecule has 0 radical (unpaired) electrons. The summed E-state index contributed by atoms with van der Waals surface area (Å²) in [4.78, 5) is 0. The minimum atomic E-state index is 0. The standard InChI is InChI=1S/C8H20N4.2H2O/c1-7(2)5-9-11-12-10-6-8(3)4;;/h7-8H,5-6H2,1-4H3,(H,9,12)(H,10,11);2*1H2. The molecule has 0 aliphatic rings. The predicted molar refractivity (Wildman–Crippen MR) is 57.8 cm³/mol. The monoisotopic (exact) mass is 208 g/mol. The summed E-state index contributed by atoms with van der Waals surface area (Å²) in [5.41, 5.74) is 5.71. The maximum absolute atomic E-state index is 3.75. The van der Waals surface area contributed by atoms with Gasteiger partial charge in [0.1, 0.15) is 0 Å². The van der Waals surface area contributed by atoms with Gasteiger partial charge in [0.25, 0.3) is 0 Å². The molecule has 0 aromatic heterocycles. The van der Waals surface area contributed by atoms with Gasteiger partial charge in [0.15, 0.2) is 0 Å². The van der Waals surface area contributed by atoms with E-state index in [2.05, 4.69) is 49.0 Å². The second-order valence-corrected chi connectivity index (χ2v) is 3.71. The Morgan fingerprint density at radius 2 is 1.07 bits per heavy atom. The third kappa shape index (κ3) is 17.3. The van der Waals surface area contributed by atoms with Gasteiger partial charge in [0.05, 0.1) is 0 Å². The fraction of sp³-hybridized carbons (Fsp3) is 1.00. The molecule has 0 unspecified atom stereocenters. The van der Waals surface area contributed by atoms with Gasteiger partial charge in [0.2, 0.25) is 0 Å². The maximum Gasteiger partial charge on any atom is 0.0370 e. The molecule has 6 heteroatoms. The van der Waals surface area contributed by atoms with Gasteiger partial charge >= 0.3 is 0 Å². The first kappa shape index (κ1) is 18.8. The minimum Gasteiger partial charge on any atom is -0.412 e. The van der Waals surface area contributed by atoms with Crippen LogP contribution in [0.2, 0.25) is 0 Å². The molecule has 0 saturated carbocycles. The van der Waals surface area contributed by atoms with Crippen molar-refractivity contribution in [2.24, 2.45) is 22.3 Å². The smallest absolute Gasteiger partial charge is 0.0370 e. The van der Waals surface area contributed by atoms with Crippen molar-refractivity contribution in [3.05, 3.63) is 0 Å². The SMILES string of the molecule is CC(C)CNN=NNCC(C)C.O.O. The summed E-state index contributed by atoms with van der Waals surface area (Å²) in [5, 5.41) is 7.49. The van der Waals surface area contributed by atoms with Crippen LogP contribution in [-0.4, -0.2) is 24.0 Å². The summed E-state index contributed by atoms with van der Waals surface area (Å²) >= 11 is 0. The van der Waals surface area contributed by atoms with Crippen LogP contribution >= 0.6 is 0 Å². The number of nitrogens with zero attached hydrogens (tertiary/aromatic N) is 2. The second kappa shape index (κ2) is 12.1. The van der Waals surface area contributed by atoms with Crippen molar-refractivity contribution in [1.82, 2.24) is 10.9 Å². The van der Waals surface area contributed by atoms with Crippen LogP contribution in [0.15, 0.2) is 10.4 Å². The van der Waals surface area contributed by atoms with Gasteiger partial charge in [-0.1, -0.05) is 38.1 Å². The quantitative estimate of drug-likeness (QED) is 0.477. The van der Waals surface area contributed by atoms with Crippen LogP contribution in [0.25, 0.3) is 0 Å². The summed E-state index contributed by atoms with van der Waals surface area (Å²) in [5.74, 6) is 1.21. The Morgan fingerprint density at radius 3 is 1.29 bits per heavy atom. The number of nitrogens with one attached hydrogen (secondary N) is 2. The summed E-state index contributed by atoms with van der Waals surface area (Å²) in [7, 11) is 0. The zero-order valence-electron chi connectivity index (χ0n) is 9.46. The van der Waals surface area contributed by atoms with Gasteiger partial charge in [-0.2, -0.15) is 0 Å². The molecule has 0 bridgehead atoms. The Balaban J connectivity index is -0.000000605. The van der Waals surface area contributed by atoms with Crippen LogP contribution in [0.5, 0.6) is 0 Å². The van der Waals surface area contributed by atoms with E-state index in [1.807, 2.05) is 0 Å². The molecule has 0 amide bonds. The molecule has 88 valence electrons. The van der Waals surface area contributed by atoms with Gasteiger partial charge in [-0.3, -0.25) is 10.9 Å². The molecular formula is C8H24N4O2. The van der Waals surface area contributed by atoms with E-state index < -0.39 is 0 Å². The van der Waals surface area contributed by atoms with E-state index in [9.17, 15) is 0 Å². The molecule has 0 aliphatic carbocycles. The summed E-state index contributed by atoms with van der Waals surface area (Å²) in [6.45, 7) is 10.3. The van der Waals surface area contributed by atoms with Crippen LogP contribution < -0.4 is 10.9 Å². The minimum absolute atomic E-state index is 0. The van der Waals surface area contributed by atoms with Crippen molar-refractivity contribution in [1.29, 1.82) is 0 Å². The zero-order chi connectivity index (χ0) is 9.40. The van der Waals surface area contributed by atoms with Crippen molar-refractivity contribution >= 4 is 0 Å². The number of rotatable bonds is 6. The molecule has 0 aromatic carbocycles. The van der Waals surface area contributed by atoms with Crippen molar-refractivity contribution < 1.29 is 11.0 Å². The van der Waals surface area contributed by atoms with Gasteiger partial charge in [-0.15, -0.1) is 0 Å². The average Bonchev–Trinajstić information content (AvgIpc) is 1.95. The Bertz CT molecular complexity index is 115. The van der Waals surface area contributed by atoms with Crippen molar-refractivity contribution in [2.45, 2.75) is 27.7 Å². The molecule has 0 spiro atoms. The highest BCUT2D eigenvalue weighted by Gasteiger charge is 1.90. The van der Waals surface area contributed by atoms with Crippen molar-refractivity contribution in [2.75, 3.05) is 13.1 Å². The highest BCUT2D eigenvalue weighted by Crippen LogP contribution is 1.87. The van der Waals surface area contributed by atoms with Gasteiger partial charge in [-0.05, 0) is 11.8 Å². The molecule has 14 heavy (non-hydrogen) atoms. The highest BCUT2D eigenvalue weighted by atomic mass is 16.0. The lowest BCUT2D eigenvalue weighted by atomic mass is 10.2. The fourth-order valence-electron chi connectivity index (χ4n) is 0.518. The topological polar surface area (TPSA) is 112 Å². The molecule has 0 heterocycles. The van der Waals surface area contributed by atoms with E-state index >= 15 is 0 Å². The lowest BCUT2D eigenvalue weighted by molar-refractivity contribution is 0.503. The van der Waals surface area contributed by atoms with Gasteiger partial charge in [-0.25, -0.2) is 0 Å². The van der Waals surface area contributed by atoms with Crippen molar-refractivity contribution in [3.8, 4) is 0 Å². The first-order chi connectivity index (χ1) is 5.63. The first-order valence-corrected chi connectivity index (χ1v) is 4.48. The molecule has 6 nitrogen and oxygen atoms in total. The lowest BCUT2D eigenvalue weighted by Crippen LogP contribution is -2.16. The third-order valence-electron chi connectivity index (χ3n) is 1.19. The Kier molecular flexibility index (Phi) is 16.3. The number of hydrogen-bond donors (Lipinski definition) is 2. The summed E-state index contributed by atoms with van der Waals surface area (Å²) in [6.07, 6.45) is 0. The fourth-order valence-corrected chi connectivity index (χ4v) is 0.518. The Hall–Kier alpha value is -0.880. The average molecular weight is 208 g/mol. The molecule has 0 atom stereocenters. The lowest BCUT2D eigenvalue weighted by Gasteiger charge is -2.03. The van der Waals surface area contributed by atoms with Crippen LogP contribution in [0.3, 0.4) is 0 Å². The van der Waals surface area contributed by atoms with Gasteiger partial charge in [0, 0.05) is 13.1 Å². The summed E-state index contributed by atoms with van der Waals surface area (Å²) in [6, 6.07) is 0. The first-order valence-electron chi connectivity index (χ1n) is 4.48. The van der Waals surface area contributed by atoms with E-state index in [1.165, 1.54) is 0 Å². The Morgan fingerprint density at radius 1 is 0.786 bits per heavy atom. The largest absolute Gasteiger partial charge is 0.412 e. The Labute approximate surface area is 85.7 Å². The van der Waals surface area contributed by atoms with Crippen LogP contribution in [0.1, 0.15) is 27.7 Å². The summed E-state index contributed by atoms with van der Waals surface area (Å²) < 4.78 is 0. The normalized spacial score (nSPS) is 9.86. The van der Waals surface area contributed by atoms with E-state index in [0.717, 1.165) is 13.1 Å². The third-order valence-corrected chi connectivity index (χ3v) is 1.19. The molecule has 0 aliphatic heterocycles. The highest BCUT2D eigenvalue weighted by molar-refractivity contribution is 4.45. The van der Waals surface area contributed by atoms with E-state index in [-0.39, 0.29) is 11.0 Å². The second-order valence-electron chi connectivity index (χ2n) is 3.71. The molecule has 6 N–H and O–H groups in total. The predicted octanol–water partition coefficient (Wildman–Crippen LogP) is 0.110. The maximum atomic E-state index is 3.75. The van der Waals surface area contributed by atoms with Crippen molar-refractivity contribution in [3.63, 3.8) is 0 Å². The van der Waals surface area contributed by atoms with Crippen LogP contribution in [0.4, 0.5) is 0 Å². The molecule has 0 aromatic rings. The number of hydrogen-bond acceptors (Lipinski definition) is 2.